The van der Waals surface area contributed by atoms with Gasteiger partial charge in [0.1, 0.15) is 5.25 Å². The molecule has 0 aliphatic heterocycles. The minimum absolute atomic E-state index is 0.185. The second-order valence-corrected chi connectivity index (χ2v) is 6.73. The standard InChI is InChI=1S/C16H15ClO3S/c17-14-8-4-7-13(9-14)11-21(20)15(16(18)19)10-12-5-2-1-3-6-12/h1-9,15H,10-11H2,(H,18,19). The van der Waals surface area contributed by atoms with Crippen molar-refractivity contribution in [2.24, 2.45) is 0 Å². The number of aliphatic carboxylic acids is 1. The molecule has 0 spiro atoms. The van der Waals surface area contributed by atoms with Crippen molar-refractivity contribution < 1.29 is 14.1 Å². The van der Waals surface area contributed by atoms with Crippen molar-refractivity contribution in [1.82, 2.24) is 0 Å². The Balaban J connectivity index is 2.11. The van der Waals surface area contributed by atoms with Crippen LogP contribution in [0.1, 0.15) is 11.1 Å². The van der Waals surface area contributed by atoms with Gasteiger partial charge in [0.05, 0.1) is 0 Å². The van der Waals surface area contributed by atoms with Crippen LogP contribution in [0.2, 0.25) is 5.02 Å². The average Bonchev–Trinajstić information content (AvgIpc) is 2.45. The van der Waals surface area contributed by atoms with Gasteiger partial charge in [0, 0.05) is 21.6 Å². The van der Waals surface area contributed by atoms with Crippen molar-refractivity contribution in [1.29, 1.82) is 0 Å². The molecule has 110 valence electrons. The van der Waals surface area contributed by atoms with E-state index < -0.39 is 22.0 Å². The highest BCUT2D eigenvalue weighted by molar-refractivity contribution is 7.85. The van der Waals surface area contributed by atoms with Crippen molar-refractivity contribution >= 4 is 28.4 Å². The molecule has 3 nitrogen and oxygen atoms in total. The summed E-state index contributed by atoms with van der Waals surface area (Å²) in [4.78, 5) is 11.4. The predicted octanol–water partition coefficient (Wildman–Crippen LogP) is 3.28. The fourth-order valence-electron chi connectivity index (χ4n) is 2.01. The molecular formula is C16H15ClO3S. The second kappa shape index (κ2) is 7.38. The van der Waals surface area contributed by atoms with Crippen LogP contribution in [0.25, 0.3) is 0 Å². The van der Waals surface area contributed by atoms with Crippen LogP contribution in [-0.2, 0) is 27.8 Å². The summed E-state index contributed by atoms with van der Waals surface area (Å²) in [5.41, 5.74) is 1.64. The van der Waals surface area contributed by atoms with Crippen LogP contribution in [0.5, 0.6) is 0 Å². The van der Waals surface area contributed by atoms with Gasteiger partial charge in [0.25, 0.3) is 0 Å². The minimum Gasteiger partial charge on any atom is -0.480 e. The third-order valence-electron chi connectivity index (χ3n) is 3.05. The van der Waals surface area contributed by atoms with Crippen molar-refractivity contribution in [2.45, 2.75) is 17.4 Å². The number of carbonyl (C=O) groups is 1. The molecule has 0 bridgehead atoms. The molecule has 2 aromatic carbocycles. The van der Waals surface area contributed by atoms with E-state index in [-0.39, 0.29) is 12.2 Å². The highest BCUT2D eigenvalue weighted by Gasteiger charge is 2.25. The van der Waals surface area contributed by atoms with Crippen molar-refractivity contribution in [2.75, 3.05) is 0 Å². The lowest BCUT2D eigenvalue weighted by molar-refractivity contribution is -0.136. The number of carboxylic acid groups (broad SMARTS) is 1. The largest absolute Gasteiger partial charge is 0.480 e. The van der Waals surface area contributed by atoms with E-state index in [1.54, 1.807) is 24.3 Å². The van der Waals surface area contributed by atoms with Crippen LogP contribution in [0.4, 0.5) is 0 Å². The number of rotatable bonds is 6. The van der Waals surface area contributed by atoms with Gasteiger partial charge in [-0.05, 0) is 29.7 Å². The summed E-state index contributed by atoms with van der Waals surface area (Å²) in [6, 6.07) is 16.2. The Kier molecular flexibility index (Phi) is 5.53. The first-order valence-electron chi connectivity index (χ1n) is 6.44. The van der Waals surface area contributed by atoms with Crippen molar-refractivity contribution in [3.8, 4) is 0 Å². The highest BCUT2D eigenvalue weighted by atomic mass is 35.5. The zero-order valence-corrected chi connectivity index (χ0v) is 12.8. The van der Waals surface area contributed by atoms with Crippen LogP contribution in [0.3, 0.4) is 0 Å². The van der Waals surface area contributed by atoms with Crippen molar-refractivity contribution in [3.05, 3.63) is 70.7 Å². The van der Waals surface area contributed by atoms with E-state index in [2.05, 4.69) is 0 Å². The molecule has 2 rings (SSSR count). The van der Waals surface area contributed by atoms with E-state index in [0.717, 1.165) is 11.1 Å². The van der Waals surface area contributed by atoms with Gasteiger partial charge in [0.15, 0.2) is 0 Å². The molecule has 0 aromatic heterocycles. The quantitative estimate of drug-likeness (QED) is 0.888. The molecular weight excluding hydrogens is 308 g/mol. The van der Waals surface area contributed by atoms with Gasteiger partial charge in [-0.1, -0.05) is 54.1 Å². The Labute approximate surface area is 131 Å². The molecule has 0 fully saturated rings. The normalized spacial score (nSPS) is 13.6. The highest BCUT2D eigenvalue weighted by Crippen LogP contribution is 2.16. The molecule has 0 amide bonds. The zero-order chi connectivity index (χ0) is 15.2. The molecule has 1 N–H and O–H groups in total. The maximum absolute atomic E-state index is 12.4. The van der Waals surface area contributed by atoms with Crippen molar-refractivity contribution in [3.63, 3.8) is 0 Å². The SMILES string of the molecule is O=C(O)C(Cc1ccccc1)S(=O)Cc1cccc(Cl)c1. The third-order valence-corrected chi connectivity index (χ3v) is 4.91. The Hall–Kier alpha value is -1.65. The average molecular weight is 323 g/mol. The van der Waals surface area contributed by atoms with Crippen LogP contribution in [-0.4, -0.2) is 20.5 Å². The molecule has 2 aromatic rings. The van der Waals surface area contributed by atoms with Gasteiger partial charge < -0.3 is 5.11 Å². The molecule has 0 saturated heterocycles. The fourth-order valence-corrected chi connectivity index (χ4v) is 3.54. The van der Waals surface area contributed by atoms with Crippen LogP contribution < -0.4 is 0 Å². The summed E-state index contributed by atoms with van der Waals surface area (Å²) in [5.74, 6) is -0.858. The molecule has 5 heteroatoms. The molecule has 0 saturated carbocycles. The second-order valence-electron chi connectivity index (χ2n) is 4.67. The molecule has 2 atom stereocenters. The summed E-state index contributed by atoms with van der Waals surface area (Å²) in [6.45, 7) is 0. The predicted molar refractivity (Wildman–Crippen MR) is 84.9 cm³/mol. The minimum atomic E-state index is -1.51. The van der Waals surface area contributed by atoms with Gasteiger partial charge in [-0.3, -0.25) is 9.00 Å². The van der Waals surface area contributed by atoms with Gasteiger partial charge in [0.2, 0.25) is 0 Å². The molecule has 0 heterocycles. The van der Waals surface area contributed by atoms with E-state index in [4.69, 9.17) is 11.6 Å². The van der Waals surface area contributed by atoms with E-state index in [9.17, 15) is 14.1 Å². The summed E-state index contributed by atoms with van der Waals surface area (Å²) in [5, 5.41) is 8.95. The lowest BCUT2D eigenvalue weighted by Crippen LogP contribution is -2.29. The van der Waals surface area contributed by atoms with E-state index in [1.165, 1.54) is 0 Å². The topological polar surface area (TPSA) is 54.4 Å². The van der Waals surface area contributed by atoms with Gasteiger partial charge in [-0.25, -0.2) is 0 Å². The van der Waals surface area contributed by atoms with Crippen LogP contribution >= 0.6 is 11.6 Å². The zero-order valence-electron chi connectivity index (χ0n) is 11.2. The molecule has 0 radical (unpaired) electrons. The van der Waals surface area contributed by atoms with Gasteiger partial charge in [-0.15, -0.1) is 0 Å². The Morgan fingerprint density at radius 3 is 2.38 bits per heavy atom. The summed E-state index contributed by atoms with van der Waals surface area (Å²) >= 11 is 5.88. The summed E-state index contributed by atoms with van der Waals surface area (Å²) < 4.78 is 12.4. The number of hydrogen-bond acceptors (Lipinski definition) is 2. The molecule has 21 heavy (non-hydrogen) atoms. The van der Waals surface area contributed by atoms with E-state index >= 15 is 0 Å². The maximum atomic E-state index is 12.4. The first-order chi connectivity index (χ1) is 10.1. The van der Waals surface area contributed by atoms with Crippen LogP contribution in [0.15, 0.2) is 54.6 Å². The molecule has 0 aliphatic carbocycles. The molecule has 2 unspecified atom stereocenters. The lowest BCUT2D eigenvalue weighted by atomic mass is 10.1. The Morgan fingerprint density at radius 2 is 1.76 bits per heavy atom. The van der Waals surface area contributed by atoms with Crippen LogP contribution in [0, 0.1) is 0 Å². The monoisotopic (exact) mass is 322 g/mol. The molecule has 0 aliphatic rings. The third kappa shape index (κ3) is 4.69. The Bertz CT molecular complexity index is 643. The number of hydrogen-bond donors (Lipinski definition) is 1. The van der Waals surface area contributed by atoms with Gasteiger partial charge >= 0.3 is 5.97 Å². The fraction of sp³-hybridized carbons (Fsp3) is 0.188. The van der Waals surface area contributed by atoms with E-state index in [0.29, 0.717) is 5.02 Å². The smallest absolute Gasteiger partial charge is 0.319 e. The summed E-state index contributed by atoms with van der Waals surface area (Å²) in [7, 11) is -1.51. The first kappa shape index (κ1) is 15.7. The van der Waals surface area contributed by atoms with Gasteiger partial charge in [-0.2, -0.15) is 0 Å². The number of halogens is 1. The first-order valence-corrected chi connectivity index (χ1v) is 8.20. The number of carboxylic acids is 1. The number of benzene rings is 2. The van der Waals surface area contributed by atoms with E-state index in [1.807, 2.05) is 30.3 Å². The summed E-state index contributed by atoms with van der Waals surface area (Å²) in [6.07, 6.45) is 0.253. The Morgan fingerprint density at radius 1 is 1.10 bits per heavy atom. The maximum Gasteiger partial charge on any atom is 0.319 e. The lowest BCUT2D eigenvalue weighted by Gasteiger charge is -2.12.